The molecule has 2 N–H and O–H groups in total. The Balaban J connectivity index is 2.91. The third kappa shape index (κ3) is 3.64. The number of carboxylic acids is 1. The van der Waals surface area contributed by atoms with Gasteiger partial charge in [-0.1, -0.05) is 0 Å². The summed E-state index contributed by atoms with van der Waals surface area (Å²) in [6, 6.07) is 0.893. The molecule has 0 spiro atoms. The van der Waals surface area contributed by atoms with Gasteiger partial charge >= 0.3 is 5.97 Å². The van der Waals surface area contributed by atoms with Crippen molar-refractivity contribution in [2.45, 2.75) is 6.10 Å². The second kappa shape index (κ2) is 6.27. The van der Waals surface area contributed by atoms with Crippen LogP contribution < -0.4 is 4.90 Å². The van der Waals surface area contributed by atoms with Gasteiger partial charge < -0.3 is 19.8 Å². The fraction of sp³-hybridized carbons (Fsp3) is 0.455. The van der Waals surface area contributed by atoms with E-state index in [4.69, 9.17) is 9.84 Å². The number of likely N-dealkylation sites (N-methyl/N-ethyl adjacent to an activating group) is 1. The molecule has 1 heterocycles. The Morgan fingerprint density at radius 3 is 2.89 bits per heavy atom. The Kier molecular flexibility index (Phi) is 4.99. The van der Waals surface area contributed by atoms with Crippen LogP contribution in [0.5, 0.6) is 0 Å². The van der Waals surface area contributed by atoms with Gasteiger partial charge in [-0.05, 0) is 6.07 Å². The van der Waals surface area contributed by atoms with Gasteiger partial charge in [-0.25, -0.2) is 14.2 Å². The highest BCUT2D eigenvalue weighted by atomic mass is 19.1. The van der Waals surface area contributed by atoms with E-state index in [1.165, 1.54) is 12.0 Å². The minimum Gasteiger partial charge on any atom is -0.478 e. The molecule has 0 aliphatic rings. The lowest BCUT2D eigenvalue weighted by Crippen LogP contribution is -2.33. The number of rotatable bonds is 6. The molecule has 1 atom stereocenters. The minimum absolute atomic E-state index is 0.0963. The van der Waals surface area contributed by atoms with E-state index in [1.807, 2.05) is 0 Å². The molecule has 0 saturated heterocycles. The molecule has 0 fully saturated rings. The second-order valence-electron chi connectivity index (χ2n) is 3.82. The molecule has 6 nitrogen and oxygen atoms in total. The molecule has 100 valence electrons. The number of nitrogens with zero attached hydrogens (tertiary/aromatic N) is 2. The normalized spacial score (nSPS) is 12.2. The Labute approximate surface area is 104 Å². The maximum atomic E-state index is 12.9. The van der Waals surface area contributed by atoms with Crippen molar-refractivity contribution in [3.05, 3.63) is 23.6 Å². The largest absolute Gasteiger partial charge is 0.478 e. The van der Waals surface area contributed by atoms with Crippen LogP contribution in [0.2, 0.25) is 0 Å². The minimum atomic E-state index is -1.27. The monoisotopic (exact) mass is 258 g/mol. The van der Waals surface area contributed by atoms with Crippen LogP contribution in [-0.4, -0.2) is 54.6 Å². The van der Waals surface area contributed by atoms with Crippen LogP contribution in [0.15, 0.2) is 12.3 Å². The van der Waals surface area contributed by atoms with Crippen molar-refractivity contribution in [1.82, 2.24) is 4.98 Å². The number of aromatic nitrogens is 1. The average Bonchev–Trinajstić information content (AvgIpc) is 2.28. The highest BCUT2D eigenvalue weighted by molar-refractivity contribution is 5.93. The van der Waals surface area contributed by atoms with E-state index in [1.54, 1.807) is 7.05 Å². The van der Waals surface area contributed by atoms with Crippen molar-refractivity contribution in [3.63, 3.8) is 0 Å². The molecule has 0 aliphatic carbocycles. The number of halogens is 1. The van der Waals surface area contributed by atoms with Crippen LogP contribution in [0.3, 0.4) is 0 Å². The summed E-state index contributed by atoms with van der Waals surface area (Å²) in [7, 11) is 3.01. The molecule has 1 unspecified atom stereocenters. The smallest absolute Gasteiger partial charge is 0.339 e. The zero-order valence-corrected chi connectivity index (χ0v) is 10.1. The summed E-state index contributed by atoms with van der Waals surface area (Å²) >= 11 is 0. The molecule has 0 saturated carbocycles. The first-order chi connectivity index (χ1) is 8.45. The fourth-order valence-corrected chi connectivity index (χ4v) is 1.54. The lowest BCUT2D eigenvalue weighted by Gasteiger charge is -2.22. The maximum absolute atomic E-state index is 12.9. The van der Waals surface area contributed by atoms with Gasteiger partial charge in [-0.15, -0.1) is 0 Å². The van der Waals surface area contributed by atoms with E-state index in [0.717, 1.165) is 12.3 Å². The van der Waals surface area contributed by atoms with Gasteiger partial charge in [0.1, 0.15) is 17.2 Å². The quantitative estimate of drug-likeness (QED) is 0.766. The summed E-state index contributed by atoms with van der Waals surface area (Å²) in [5.41, 5.74) is -0.248. The molecular formula is C11H15FN2O4. The number of hydrogen-bond donors (Lipinski definition) is 2. The summed E-state index contributed by atoms with van der Waals surface area (Å²) in [5, 5.41) is 18.5. The second-order valence-corrected chi connectivity index (χ2v) is 3.82. The molecule has 0 radical (unpaired) electrons. The Morgan fingerprint density at radius 1 is 1.67 bits per heavy atom. The van der Waals surface area contributed by atoms with E-state index in [2.05, 4.69) is 4.98 Å². The number of pyridine rings is 1. The van der Waals surface area contributed by atoms with E-state index >= 15 is 0 Å². The zero-order chi connectivity index (χ0) is 13.7. The van der Waals surface area contributed by atoms with Crippen LogP contribution >= 0.6 is 0 Å². The molecule has 0 amide bonds. The van der Waals surface area contributed by atoms with Crippen LogP contribution in [0.1, 0.15) is 10.4 Å². The van der Waals surface area contributed by atoms with Crippen LogP contribution in [0, 0.1) is 5.82 Å². The molecular weight excluding hydrogens is 243 g/mol. The van der Waals surface area contributed by atoms with E-state index in [9.17, 15) is 14.3 Å². The Hall–Kier alpha value is -1.73. The van der Waals surface area contributed by atoms with Gasteiger partial charge in [0.2, 0.25) is 0 Å². The number of carbonyl (C=O) groups is 1. The average molecular weight is 258 g/mol. The Morgan fingerprint density at radius 2 is 2.33 bits per heavy atom. The van der Waals surface area contributed by atoms with E-state index in [0.29, 0.717) is 0 Å². The number of aromatic carboxylic acids is 1. The SMILES string of the molecule is COCC(O)CN(C)c1ncc(F)cc1C(=O)O. The Bertz CT molecular complexity index is 428. The highest BCUT2D eigenvalue weighted by Crippen LogP contribution is 2.17. The number of ether oxygens (including phenoxy) is 1. The molecule has 18 heavy (non-hydrogen) atoms. The predicted molar refractivity (Wildman–Crippen MR) is 62.3 cm³/mol. The van der Waals surface area contributed by atoms with Crippen LogP contribution in [-0.2, 0) is 4.74 Å². The molecule has 1 aromatic heterocycles. The summed E-state index contributed by atoms with van der Waals surface area (Å²) in [6.07, 6.45) is 0.148. The predicted octanol–water partition coefficient (Wildman–Crippen LogP) is 0.362. The molecule has 1 aromatic rings. The van der Waals surface area contributed by atoms with E-state index < -0.39 is 17.9 Å². The topological polar surface area (TPSA) is 82.9 Å². The van der Waals surface area contributed by atoms with Gasteiger partial charge in [0.15, 0.2) is 0 Å². The summed E-state index contributed by atoms with van der Waals surface area (Å²) in [4.78, 5) is 16.1. The summed E-state index contributed by atoms with van der Waals surface area (Å²) in [5.74, 6) is -1.90. The first kappa shape index (κ1) is 14.3. The third-order valence-corrected chi connectivity index (χ3v) is 2.27. The molecule has 0 aliphatic heterocycles. The number of anilines is 1. The van der Waals surface area contributed by atoms with Crippen LogP contribution in [0.4, 0.5) is 10.2 Å². The third-order valence-electron chi connectivity index (χ3n) is 2.27. The maximum Gasteiger partial charge on any atom is 0.339 e. The molecule has 0 aromatic carbocycles. The zero-order valence-electron chi connectivity index (χ0n) is 10.1. The van der Waals surface area contributed by atoms with Crippen LogP contribution in [0.25, 0.3) is 0 Å². The highest BCUT2D eigenvalue weighted by Gasteiger charge is 2.18. The van der Waals surface area contributed by atoms with Crippen molar-refractivity contribution in [3.8, 4) is 0 Å². The number of hydrogen-bond acceptors (Lipinski definition) is 5. The summed E-state index contributed by atoms with van der Waals surface area (Å²) < 4.78 is 17.7. The molecule has 7 heteroatoms. The van der Waals surface area contributed by atoms with Gasteiger partial charge in [0.05, 0.1) is 18.9 Å². The van der Waals surface area contributed by atoms with Gasteiger partial charge in [-0.3, -0.25) is 0 Å². The lowest BCUT2D eigenvalue weighted by molar-refractivity contribution is 0.0679. The summed E-state index contributed by atoms with van der Waals surface area (Å²) in [6.45, 7) is 0.251. The number of aliphatic hydroxyl groups excluding tert-OH is 1. The lowest BCUT2D eigenvalue weighted by atomic mass is 10.2. The number of methoxy groups -OCH3 is 1. The van der Waals surface area contributed by atoms with Crippen molar-refractivity contribution >= 4 is 11.8 Å². The number of carboxylic acid groups (broad SMARTS) is 1. The standard InChI is InChI=1S/C11H15FN2O4/c1-14(5-8(15)6-18-2)10-9(11(16)17)3-7(12)4-13-10/h3-4,8,15H,5-6H2,1-2H3,(H,16,17). The van der Waals surface area contributed by atoms with Gasteiger partial charge in [-0.2, -0.15) is 0 Å². The van der Waals surface area contributed by atoms with Gasteiger partial charge in [0.25, 0.3) is 0 Å². The first-order valence-corrected chi connectivity index (χ1v) is 5.22. The van der Waals surface area contributed by atoms with Crippen molar-refractivity contribution < 1.29 is 24.1 Å². The fourth-order valence-electron chi connectivity index (χ4n) is 1.54. The van der Waals surface area contributed by atoms with Gasteiger partial charge in [0, 0.05) is 20.7 Å². The van der Waals surface area contributed by atoms with E-state index in [-0.39, 0.29) is 24.5 Å². The van der Waals surface area contributed by atoms with Crippen molar-refractivity contribution in [2.75, 3.05) is 32.2 Å². The molecule has 0 bridgehead atoms. The van der Waals surface area contributed by atoms with Crippen molar-refractivity contribution in [2.24, 2.45) is 0 Å². The van der Waals surface area contributed by atoms with Crippen molar-refractivity contribution in [1.29, 1.82) is 0 Å². The molecule has 1 rings (SSSR count). The first-order valence-electron chi connectivity index (χ1n) is 5.22. The number of aliphatic hydroxyl groups is 1.